The Morgan fingerprint density at radius 3 is 2.56 bits per heavy atom. The van der Waals surface area contributed by atoms with E-state index >= 15 is 0 Å². The summed E-state index contributed by atoms with van der Waals surface area (Å²) in [4.78, 5) is 7.43. The van der Waals surface area contributed by atoms with Crippen molar-refractivity contribution in [3.05, 3.63) is 11.1 Å². The Morgan fingerprint density at radius 2 is 2.00 bits per heavy atom. The van der Waals surface area contributed by atoms with E-state index in [1.165, 1.54) is 20.3 Å². The highest BCUT2D eigenvalue weighted by Gasteiger charge is 2.19. The minimum Gasteiger partial charge on any atom is -0.493 e. The van der Waals surface area contributed by atoms with Gasteiger partial charge in [0.2, 0.25) is 0 Å². The molecule has 0 aliphatic heterocycles. The number of aromatic hydroxyl groups is 1. The van der Waals surface area contributed by atoms with Crippen LogP contribution in [0.15, 0.2) is 6.07 Å². The van der Waals surface area contributed by atoms with E-state index in [0.717, 1.165) is 0 Å². The van der Waals surface area contributed by atoms with Crippen molar-refractivity contribution < 1.29 is 19.8 Å². The van der Waals surface area contributed by atoms with Crippen LogP contribution in [0, 0.1) is 0 Å². The Bertz CT molecular complexity index is 605. The summed E-state index contributed by atoms with van der Waals surface area (Å²) < 4.78 is 10.3. The summed E-state index contributed by atoms with van der Waals surface area (Å²) in [5, 5.41) is 18.9. The van der Waals surface area contributed by atoms with Gasteiger partial charge in [0.05, 0.1) is 24.6 Å². The van der Waals surface area contributed by atoms with Gasteiger partial charge in [-0.05, 0) is 0 Å². The molecule has 0 unspecified atom stereocenters. The number of rotatable bonds is 3. The number of ether oxygens (including phenoxy) is 2. The van der Waals surface area contributed by atoms with Crippen LogP contribution in [0.3, 0.4) is 0 Å². The number of hydrogen-bond donors (Lipinski definition) is 3. The second-order valence-corrected chi connectivity index (χ2v) is 3.71. The van der Waals surface area contributed by atoms with E-state index < -0.39 is 6.01 Å². The average molecular weight is 272 g/mol. The van der Waals surface area contributed by atoms with Crippen molar-refractivity contribution in [3.63, 3.8) is 0 Å². The van der Waals surface area contributed by atoms with Gasteiger partial charge in [-0.15, -0.1) is 0 Å². The molecule has 0 fully saturated rings. The lowest BCUT2D eigenvalue weighted by Gasteiger charge is -2.13. The number of methoxy groups -OCH3 is 2. The average Bonchev–Trinajstić information content (AvgIpc) is 2.38. The van der Waals surface area contributed by atoms with E-state index in [1.807, 2.05) is 5.48 Å². The lowest BCUT2D eigenvalue weighted by molar-refractivity contribution is 0.357. The predicted molar refractivity (Wildman–Crippen MR) is 64.7 cm³/mol. The maximum atomic E-state index is 9.35. The zero-order valence-electron chi connectivity index (χ0n) is 9.56. The second kappa shape index (κ2) is 4.71. The largest absolute Gasteiger partial charge is 0.493 e. The van der Waals surface area contributed by atoms with Crippen molar-refractivity contribution in [1.29, 1.82) is 0 Å². The van der Waals surface area contributed by atoms with Gasteiger partial charge in [-0.25, -0.2) is 0 Å². The maximum absolute atomic E-state index is 9.35. The molecule has 0 atom stereocenters. The van der Waals surface area contributed by atoms with Gasteiger partial charge >= 0.3 is 6.01 Å². The lowest BCUT2D eigenvalue weighted by atomic mass is 10.2. The van der Waals surface area contributed by atoms with Gasteiger partial charge in [-0.2, -0.15) is 9.97 Å². The summed E-state index contributed by atoms with van der Waals surface area (Å²) >= 11 is 6.02. The minimum atomic E-state index is -0.520. The lowest BCUT2D eigenvalue weighted by Crippen LogP contribution is -2.00. The molecule has 3 N–H and O–H groups in total. The van der Waals surface area contributed by atoms with E-state index in [0.29, 0.717) is 16.9 Å². The predicted octanol–water partition coefficient (Wildman–Crippen LogP) is 1.81. The number of hydrogen-bond acceptors (Lipinski definition) is 7. The van der Waals surface area contributed by atoms with Crippen LogP contribution >= 0.6 is 11.6 Å². The van der Waals surface area contributed by atoms with Gasteiger partial charge in [0, 0.05) is 6.07 Å². The molecule has 0 aliphatic carbocycles. The van der Waals surface area contributed by atoms with Gasteiger partial charge in [-0.3, -0.25) is 10.7 Å². The first-order valence-electron chi connectivity index (χ1n) is 4.83. The molecule has 2 rings (SSSR count). The maximum Gasteiger partial charge on any atom is 0.316 e. The highest BCUT2D eigenvalue weighted by atomic mass is 35.5. The third-order valence-electron chi connectivity index (χ3n) is 2.36. The zero-order valence-corrected chi connectivity index (χ0v) is 10.3. The van der Waals surface area contributed by atoms with Crippen LogP contribution in [0.4, 0.5) is 5.82 Å². The topological polar surface area (TPSA) is 96.7 Å². The Hall–Kier alpha value is -1.99. The van der Waals surface area contributed by atoms with Gasteiger partial charge in [0.25, 0.3) is 0 Å². The van der Waals surface area contributed by atoms with Crippen LogP contribution in [0.25, 0.3) is 10.9 Å². The molecule has 0 radical (unpaired) electrons. The van der Waals surface area contributed by atoms with E-state index in [2.05, 4.69) is 9.97 Å². The van der Waals surface area contributed by atoms with Crippen LogP contribution < -0.4 is 15.0 Å². The number of benzene rings is 1. The monoisotopic (exact) mass is 271 g/mol. The summed E-state index contributed by atoms with van der Waals surface area (Å²) in [5.74, 6) is 0.629. The van der Waals surface area contributed by atoms with Crippen molar-refractivity contribution in [1.82, 2.24) is 9.97 Å². The quantitative estimate of drug-likeness (QED) is 0.733. The summed E-state index contributed by atoms with van der Waals surface area (Å²) in [6, 6.07) is 0.976. The van der Waals surface area contributed by atoms with Crippen LogP contribution in [0.2, 0.25) is 5.02 Å². The van der Waals surface area contributed by atoms with Crippen LogP contribution in [0.1, 0.15) is 0 Å². The second-order valence-electron chi connectivity index (χ2n) is 3.30. The smallest absolute Gasteiger partial charge is 0.316 e. The Labute approximate surface area is 107 Å². The van der Waals surface area contributed by atoms with Crippen molar-refractivity contribution in [2.24, 2.45) is 0 Å². The molecule has 1 aromatic carbocycles. The molecular formula is C10H10ClN3O4. The molecule has 0 aliphatic rings. The molecule has 1 heterocycles. The molecule has 7 nitrogen and oxygen atoms in total. The fourth-order valence-corrected chi connectivity index (χ4v) is 1.88. The normalized spacial score (nSPS) is 10.4. The van der Waals surface area contributed by atoms with Gasteiger partial charge < -0.3 is 14.6 Å². The van der Waals surface area contributed by atoms with Gasteiger partial charge in [-0.1, -0.05) is 11.6 Å². The van der Waals surface area contributed by atoms with Crippen molar-refractivity contribution >= 4 is 28.3 Å². The van der Waals surface area contributed by atoms with Crippen molar-refractivity contribution in [2.75, 3.05) is 19.7 Å². The number of aromatic nitrogens is 2. The molecule has 8 heteroatoms. The summed E-state index contributed by atoms with van der Waals surface area (Å²) in [6.45, 7) is 0. The van der Waals surface area contributed by atoms with E-state index in [4.69, 9.17) is 26.3 Å². The van der Waals surface area contributed by atoms with E-state index in [-0.39, 0.29) is 16.4 Å². The van der Waals surface area contributed by atoms with Crippen LogP contribution in [-0.2, 0) is 0 Å². The highest BCUT2D eigenvalue weighted by Crippen LogP contribution is 2.42. The molecule has 2 aromatic rings. The number of halogens is 1. The Balaban J connectivity index is 2.95. The number of anilines is 1. The first kappa shape index (κ1) is 12.5. The van der Waals surface area contributed by atoms with Crippen LogP contribution in [-0.4, -0.2) is 34.5 Å². The molecular weight excluding hydrogens is 262 g/mol. The molecule has 1 aromatic heterocycles. The SMILES string of the molecule is COc1cc(Cl)c2nc(O)nc(NO)c2c1OC. The fourth-order valence-electron chi connectivity index (χ4n) is 1.64. The van der Waals surface area contributed by atoms with Gasteiger partial charge in [0.1, 0.15) is 5.52 Å². The van der Waals surface area contributed by atoms with E-state index in [1.54, 1.807) is 0 Å². The van der Waals surface area contributed by atoms with Crippen LogP contribution in [0.5, 0.6) is 17.5 Å². The summed E-state index contributed by atoms with van der Waals surface area (Å²) in [7, 11) is 2.88. The highest BCUT2D eigenvalue weighted by molar-refractivity contribution is 6.36. The molecule has 0 amide bonds. The fraction of sp³-hybridized carbons (Fsp3) is 0.200. The molecule has 0 saturated carbocycles. The zero-order chi connectivity index (χ0) is 13.3. The Morgan fingerprint density at radius 1 is 1.28 bits per heavy atom. The third-order valence-corrected chi connectivity index (χ3v) is 2.65. The van der Waals surface area contributed by atoms with Crippen molar-refractivity contribution in [2.45, 2.75) is 0 Å². The van der Waals surface area contributed by atoms with Gasteiger partial charge in [0.15, 0.2) is 17.3 Å². The van der Waals surface area contributed by atoms with E-state index in [9.17, 15) is 5.11 Å². The molecule has 96 valence electrons. The minimum absolute atomic E-state index is 0.0323. The van der Waals surface area contributed by atoms with Crippen molar-refractivity contribution in [3.8, 4) is 17.5 Å². The molecule has 0 bridgehead atoms. The number of nitrogens with zero attached hydrogens (tertiary/aromatic N) is 2. The standard InChI is InChI=1S/C10H10ClN3O4/c1-17-5-3-4(11)7-6(8(5)18-2)9(14-16)13-10(15)12-7/h3,16H,1-2H3,(H2,12,13,14,15). The molecule has 0 spiro atoms. The first-order chi connectivity index (χ1) is 8.62. The Kier molecular flexibility index (Phi) is 3.26. The summed E-state index contributed by atoms with van der Waals surface area (Å²) in [6.07, 6.45) is 0. The summed E-state index contributed by atoms with van der Waals surface area (Å²) in [5.41, 5.74) is 2.09. The number of nitrogens with one attached hydrogen (secondary N) is 1. The molecule has 18 heavy (non-hydrogen) atoms. The number of fused-ring (bicyclic) bond motifs is 1. The first-order valence-corrected chi connectivity index (χ1v) is 5.21. The molecule has 0 saturated heterocycles. The third kappa shape index (κ3) is 1.83.